The fourth-order valence-electron chi connectivity index (χ4n) is 9.77. The first-order valence-corrected chi connectivity index (χ1v) is 26.3. The molecule has 0 fully saturated rings. The molecule has 1 atom stereocenters. The van der Waals surface area contributed by atoms with E-state index in [0.717, 1.165) is 90.8 Å². The molecule has 0 saturated heterocycles. The fraction of sp³-hybridized carbons (Fsp3) is 0.321. The standard InChI is InChI=1S/C56H59ClN12O5S/c1-34(32-67-22-16-38-10-14-44(28-48(38)67)68-21-6-7-41-30-61-46-15-11-40(27-45(46)53(41)68)42-31-62-66(5)33-42)55(72)60-19-18-58-49(70)17-23-73-25-26-74-24-20-59-50(71)29-47-54-65-64-37(4)69(54)56-51(35(2)36(3)75-56)52(63-47)39-8-12-43(57)13-9-39/h6-15,27-28,30-31,33,47H,1,16-26,29,32H2,2-5H3,(H,58,70)(H,59,71)(H,60,72)/t47-/m0/s1. The second-order valence-electron chi connectivity index (χ2n) is 18.8. The maximum Gasteiger partial charge on any atom is 0.248 e. The van der Waals surface area contributed by atoms with Crippen molar-refractivity contribution in [2.24, 2.45) is 12.0 Å². The second-order valence-corrected chi connectivity index (χ2v) is 20.5. The first-order chi connectivity index (χ1) is 36.4. The summed E-state index contributed by atoms with van der Waals surface area (Å²) in [7, 11) is 1.92. The summed E-state index contributed by atoms with van der Waals surface area (Å²) in [6.07, 6.45) is 11.2. The lowest BCUT2D eigenvalue weighted by Gasteiger charge is -2.30. The van der Waals surface area contributed by atoms with Gasteiger partial charge in [-0.3, -0.25) is 33.6 Å². The largest absolute Gasteiger partial charge is 0.379 e. The molecule has 0 bridgehead atoms. The summed E-state index contributed by atoms with van der Waals surface area (Å²) < 4.78 is 15.1. The number of rotatable bonds is 20. The normalized spacial score (nSPS) is 14.5. The summed E-state index contributed by atoms with van der Waals surface area (Å²) in [4.78, 5) is 54.6. The van der Waals surface area contributed by atoms with Crippen LogP contribution >= 0.6 is 22.9 Å². The van der Waals surface area contributed by atoms with E-state index in [0.29, 0.717) is 42.7 Å². The van der Waals surface area contributed by atoms with E-state index in [1.54, 1.807) is 11.3 Å². The number of nitrogens with one attached hydrogen (secondary N) is 3. The summed E-state index contributed by atoms with van der Waals surface area (Å²) in [6, 6.07) is 19.9. The van der Waals surface area contributed by atoms with Gasteiger partial charge in [-0.2, -0.15) is 5.10 Å². The van der Waals surface area contributed by atoms with Gasteiger partial charge in [0.05, 0.1) is 56.0 Å². The number of carbonyl (C=O) groups excluding carboxylic acids is 3. The predicted octanol–water partition coefficient (Wildman–Crippen LogP) is 7.69. The van der Waals surface area contributed by atoms with Crippen LogP contribution in [0.25, 0.3) is 33.1 Å². The van der Waals surface area contributed by atoms with E-state index in [1.165, 1.54) is 10.4 Å². The molecular weight excluding hydrogens is 988 g/mol. The van der Waals surface area contributed by atoms with Gasteiger partial charge in [-0.15, -0.1) is 21.5 Å². The highest BCUT2D eigenvalue weighted by molar-refractivity contribution is 7.15. The van der Waals surface area contributed by atoms with Crippen molar-refractivity contribution < 1.29 is 23.9 Å². The SMILES string of the molecule is C=C(CN1CCc2ccc(N3CC=Cc4cnc5ccc(-c6cnn(C)c6)cc5c43)cc21)C(=O)NCCNC(=O)CCOCCOCCNC(=O)C[C@@H]1N=C(c2ccc(Cl)cc2)c2c(sc(C)c2C)-n2c(C)nnc21. The average Bonchev–Trinajstić information content (AvgIpc) is 4.20. The number of halogens is 1. The Labute approximate surface area is 444 Å². The van der Waals surface area contributed by atoms with Crippen LogP contribution in [0.2, 0.25) is 5.02 Å². The lowest BCUT2D eigenvalue weighted by Crippen LogP contribution is -2.37. The predicted molar refractivity (Wildman–Crippen MR) is 295 cm³/mol. The van der Waals surface area contributed by atoms with Crippen molar-refractivity contribution in [2.45, 2.75) is 46.1 Å². The van der Waals surface area contributed by atoms with Gasteiger partial charge >= 0.3 is 0 Å². The van der Waals surface area contributed by atoms with Gasteiger partial charge in [0, 0.05) is 120 Å². The molecular formula is C56H59ClN12O5S. The molecule has 0 spiro atoms. The molecule has 3 N–H and O–H groups in total. The molecule has 3 aliphatic rings. The maximum absolute atomic E-state index is 13.3. The van der Waals surface area contributed by atoms with Gasteiger partial charge in [0.1, 0.15) is 16.9 Å². The Morgan fingerprint density at radius 2 is 1.65 bits per heavy atom. The van der Waals surface area contributed by atoms with Gasteiger partial charge in [0.15, 0.2) is 5.82 Å². The summed E-state index contributed by atoms with van der Waals surface area (Å²) >= 11 is 7.90. The number of pyridine rings is 1. The van der Waals surface area contributed by atoms with Crippen LogP contribution in [0.15, 0.2) is 102 Å². The van der Waals surface area contributed by atoms with Crippen molar-refractivity contribution in [1.29, 1.82) is 0 Å². The summed E-state index contributed by atoms with van der Waals surface area (Å²) in [5.74, 6) is 0.710. The van der Waals surface area contributed by atoms with Crippen LogP contribution in [-0.2, 0) is 37.3 Å². The van der Waals surface area contributed by atoms with Gasteiger partial charge < -0.3 is 35.2 Å². The minimum atomic E-state index is -0.570. The van der Waals surface area contributed by atoms with Crippen molar-refractivity contribution >= 4 is 80.4 Å². The zero-order valence-electron chi connectivity index (χ0n) is 42.5. The van der Waals surface area contributed by atoms with Gasteiger partial charge in [-0.25, -0.2) is 0 Å². The molecule has 0 radical (unpaired) electrons. The first-order valence-electron chi connectivity index (χ1n) is 25.1. The van der Waals surface area contributed by atoms with Crippen LogP contribution in [0.5, 0.6) is 0 Å². The lowest BCUT2D eigenvalue weighted by atomic mass is 9.99. The molecule has 3 aromatic carbocycles. The molecule has 7 heterocycles. The average molecular weight is 1050 g/mol. The van der Waals surface area contributed by atoms with E-state index in [1.807, 2.05) is 66.1 Å². The summed E-state index contributed by atoms with van der Waals surface area (Å²) in [5, 5.41) is 24.6. The van der Waals surface area contributed by atoms with Gasteiger partial charge in [-0.1, -0.05) is 54.6 Å². The molecule has 3 aliphatic heterocycles. The number of thiophene rings is 1. The summed E-state index contributed by atoms with van der Waals surface area (Å²) in [5.41, 5.74) is 12.9. The molecule has 7 aromatic rings. The van der Waals surface area contributed by atoms with Crippen LogP contribution < -0.4 is 25.8 Å². The number of aryl methyl sites for hydroxylation is 3. The topological polar surface area (TPSA) is 186 Å². The molecule has 17 nitrogen and oxygen atoms in total. The molecule has 0 unspecified atom stereocenters. The van der Waals surface area contributed by atoms with E-state index >= 15 is 0 Å². The quantitative estimate of drug-likeness (QED) is 0.0502. The van der Waals surface area contributed by atoms with Crippen molar-refractivity contribution in [3.8, 4) is 16.1 Å². The number of fused-ring (bicyclic) bond motifs is 7. The molecule has 19 heteroatoms. The number of anilines is 3. The van der Waals surface area contributed by atoms with E-state index in [9.17, 15) is 14.4 Å². The molecule has 0 saturated carbocycles. The van der Waals surface area contributed by atoms with Crippen molar-refractivity contribution in [3.05, 3.63) is 147 Å². The zero-order valence-corrected chi connectivity index (χ0v) is 44.1. The highest BCUT2D eigenvalue weighted by Gasteiger charge is 2.33. The van der Waals surface area contributed by atoms with E-state index in [-0.39, 0.29) is 63.5 Å². The monoisotopic (exact) mass is 1050 g/mol. The highest BCUT2D eigenvalue weighted by atomic mass is 35.5. The third-order valence-electron chi connectivity index (χ3n) is 13.7. The minimum Gasteiger partial charge on any atom is -0.379 e. The number of hydrogen-bond donors (Lipinski definition) is 3. The van der Waals surface area contributed by atoms with Crippen LogP contribution in [0.3, 0.4) is 0 Å². The van der Waals surface area contributed by atoms with Crippen LogP contribution in [0.1, 0.15) is 63.2 Å². The highest BCUT2D eigenvalue weighted by Crippen LogP contribution is 2.43. The number of hydrogen-bond acceptors (Lipinski definition) is 13. The number of carbonyl (C=O) groups is 3. The number of nitrogens with zero attached hydrogens (tertiary/aromatic N) is 9. The Kier molecular flexibility index (Phi) is 15.3. The van der Waals surface area contributed by atoms with E-state index in [2.05, 4.69) is 110 Å². The first kappa shape index (κ1) is 51.0. The Bertz CT molecular complexity index is 3380. The third-order valence-corrected chi connectivity index (χ3v) is 15.2. The molecule has 4 aromatic heterocycles. The van der Waals surface area contributed by atoms with Crippen molar-refractivity contribution in [1.82, 2.24) is 45.5 Å². The van der Waals surface area contributed by atoms with E-state index in [4.69, 9.17) is 31.1 Å². The van der Waals surface area contributed by atoms with Crippen LogP contribution in [0, 0.1) is 20.8 Å². The Morgan fingerprint density at radius 3 is 2.47 bits per heavy atom. The summed E-state index contributed by atoms with van der Waals surface area (Å²) in [6.45, 7) is 14.0. The zero-order chi connectivity index (χ0) is 52.2. The molecule has 10 rings (SSSR count). The fourth-order valence-corrected chi connectivity index (χ4v) is 11.1. The van der Waals surface area contributed by atoms with Gasteiger partial charge in [-0.05, 0) is 80.3 Å². The number of aromatic nitrogens is 6. The molecule has 75 heavy (non-hydrogen) atoms. The lowest BCUT2D eigenvalue weighted by molar-refractivity contribution is -0.122. The maximum atomic E-state index is 13.3. The molecule has 0 aliphatic carbocycles. The second kappa shape index (κ2) is 22.5. The Morgan fingerprint density at radius 1 is 0.867 bits per heavy atom. The smallest absolute Gasteiger partial charge is 0.248 e. The molecule has 3 amide bonds. The number of ether oxygens (including phenoxy) is 2. The van der Waals surface area contributed by atoms with Gasteiger partial charge in [0.2, 0.25) is 17.7 Å². The molecule has 386 valence electrons. The number of aliphatic imine (C=N–C) groups is 1. The Balaban J connectivity index is 0.621. The van der Waals surface area contributed by atoms with Gasteiger partial charge in [0.25, 0.3) is 0 Å². The number of amides is 3. The van der Waals surface area contributed by atoms with Crippen LogP contribution in [0.4, 0.5) is 17.1 Å². The third kappa shape index (κ3) is 11.1. The van der Waals surface area contributed by atoms with E-state index < -0.39 is 6.04 Å². The minimum absolute atomic E-state index is 0.0753. The van der Waals surface area contributed by atoms with Crippen molar-refractivity contribution in [3.63, 3.8) is 0 Å². The number of benzene rings is 3. The van der Waals surface area contributed by atoms with Crippen molar-refractivity contribution in [2.75, 3.05) is 75.5 Å². The van der Waals surface area contributed by atoms with Crippen LogP contribution in [-0.4, -0.2) is 119 Å². The Hall–Kier alpha value is -7.51.